The summed E-state index contributed by atoms with van der Waals surface area (Å²) in [6.45, 7) is 0. The molecular formula is C24H17ClF2O2. The maximum atomic E-state index is 14.8. The second-order valence-corrected chi connectivity index (χ2v) is 6.90. The van der Waals surface area contributed by atoms with Crippen LogP contribution in [-0.2, 0) is 0 Å². The van der Waals surface area contributed by atoms with Crippen LogP contribution in [0.3, 0.4) is 0 Å². The third-order valence-corrected chi connectivity index (χ3v) is 5.11. The van der Waals surface area contributed by atoms with E-state index in [0.29, 0.717) is 44.0 Å². The molecule has 0 fully saturated rings. The SMILES string of the molecule is COc1c(OC)c(-c2cc(Cl)ccc2F)c2ccccc2c1-c1ccccc1F. The fourth-order valence-electron chi connectivity index (χ4n) is 3.67. The van der Waals surface area contributed by atoms with Crippen molar-refractivity contribution in [3.63, 3.8) is 0 Å². The number of rotatable bonds is 4. The zero-order valence-corrected chi connectivity index (χ0v) is 16.6. The summed E-state index contributed by atoms with van der Waals surface area (Å²) >= 11 is 6.15. The number of methoxy groups -OCH3 is 2. The first-order valence-electron chi connectivity index (χ1n) is 8.93. The molecule has 4 aromatic carbocycles. The maximum absolute atomic E-state index is 14.8. The first kappa shape index (κ1) is 19.2. The fourth-order valence-corrected chi connectivity index (χ4v) is 3.84. The Hall–Kier alpha value is -3.11. The van der Waals surface area contributed by atoms with E-state index in [9.17, 15) is 8.78 Å². The third kappa shape index (κ3) is 3.19. The normalized spacial score (nSPS) is 10.9. The fraction of sp³-hybridized carbons (Fsp3) is 0.0833. The maximum Gasteiger partial charge on any atom is 0.169 e. The van der Waals surface area contributed by atoms with Gasteiger partial charge in [-0.15, -0.1) is 0 Å². The zero-order chi connectivity index (χ0) is 20.5. The van der Waals surface area contributed by atoms with Gasteiger partial charge in [-0.3, -0.25) is 0 Å². The molecule has 0 aliphatic rings. The molecule has 0 saturated carbocycles. The van der Waals surface area contributed by atoms with Crippen molar-refractivity contribution in [1.82, 2.24) is 0 Å². The van der Waals surface area contributed by atoms with E-state index in [-0.39, 0.29) is 11.4 Å². The van der Waals surface area contributed by atoms with Crippen LogP contribution in [0.1, 0.15) is 0 Å². The van der Waals surface area contributed by atoms with Gasteiger partial charge in [0.15, 0.2) is 11.5 Å². The molecule has 0 saturated heterocycles. The lowest BCUT2D eigenvalue weighted by molar-refractivity contribution is 0.358. The highest BCUT2D eigenvalue weighted by atomic mass is 35.5. The third-order valence-electron chi connectivity index (χ3n) is 4.88. The molecule has 29 heavy (non-hydrogen) atoms. The Morgan fingerprint density at radius 2 is 1.17 bits per heavy atom. The van der Waals surface area contributed by atoms with Crippen LogP contribution >= 0.6 is 11.6 Å². The second-order valence-electron chi connectivity index (χ2n) is 6.47. The van der Waals surface area contributed by atoms with Gasteiger partial charge in [0, 0.05) is 27.3 Å². The van der Waals surface area contributed by atoms with Crippen LogP contribution in [0.15, 0.2) is 66.7 Å². The molecule has 0 spiro atoms. The van der Waals surface area contributed by atoms with Crippen LogP contribution in [-0.4, -0.2) is 14.2 Å². The summed E-state index contributed by atoms with van der Waals surface area (Å²) in [5, 5.41) is 1.80. The molecule has 0 N–H and O–H groups in total. The van der Waals surface area contributed by atoms with Gasteiger partial charge in [-0.2, -0.15) is 0 Å². The Bertz CT molecular complexity index is 1220. The molecule has 0 amide bonds. The van der Waals surface area contributed by atoms with Crippen LogP contribution in [0.25, 0.3) is 33.0 Å². The van der Waals surface area contributed by atoms with Gasteiger partial charge in [0.05, 0.1) is 14.2 Å². The molecule has 0 aliphatic heterocycles. The number of hydrogen-bond donors (Lipinski definition) is 0. The Morgan fingerprint density at radius 3 is 1.76 bits per heavy atom. The minimum atomic E-state index is -0.446. The smallest absolute Gasteiger partial charge is 0.169 e. The summed E-state index contributed by atoms with van der Waals surface area (Å²) < 4.78 is 40.9. The van der Waals surface area contributed by atoms with Crippen molar-refractivity contribution in [2.75, 3.05) is 14.2 Å². The second kappa shape index (κ2) is 7.72. The zero-order valence-electron chi connectivity index (χ0n) is 15.8. The molecule has 4 rings (SSSR count). The molecule has 5 heteroatoms. The van der Waals surface area contributed by atoms with Gasteiger partial charge in [-0.05, 0) is 35.0 Å². The van der Waals surface area contributed by atoms with E-state index in [1.807, 2.05) is 24.3 Å². The lowest BCUT2D eigenvalue weighted by atomic mass is 9.89. The van der Waals surface area contributed by atoms with Crippen molar-refractivity contribution in [2.45, 2.75) is 0 Å². The number of benzene rings is 4. The number of halogens is 3. The molecule has 2 nitrogen and oxygen atoms in total. The highest BCUT2D eigenvalue weighted by Gasteiger charge is 2.25. The van der Waals surface area contributed by atoms with Gasteiger partial charge in [0.2, 0.25) is 0 Å². The quantitative estimate of drug-likeness (QED) is 0.356. The molecule has 0 atom stereocenters. The van der Waals surface area contributed by atoms with Crippen molar-refractivity contribution in [1.29, 1.82) is 0 Å². The van der Waals surface area contributed by atoms with Gasteiger partial charge in [0.25, 0.3) is 0 Å². The summed E-state index contributed by atoms with van der Waals surface area (Å²) in [6, 6.07) is 18.2. The Balaban J connectivity index is 2.22. The first-order valence-corrected chi connectivity index (χ1v) is 9.31. The van der Waals surface area contributed by atoms with Crippen LogP contribution in [0.2, 0.25) is 5.02 Å². The van der Waals surface area contributed by atoms with E-state index < -0.39 is 5.82 Å². The predicted molar refractivity (Wildman–Crippen MR) is 113 cm³/mol. The molecule has 0 unspecified atom stereocenters. The van der Waals surface area contributed by atoms with Crippen molar-refractivity contribution < 1.29 is 18.3 Å². The molecule has 146 valence electrons. The summed E-state index contributed by atoms with van der Waals surface area (Å²) in [4.78, 5) is 0. The van der Waals surface area contributed by atoms with Crippen LogP contribution in [0, 0.1) is 11.6 Å². The van der Waals surface area contributed by atoms with Crippen molar-refractivity contribution in [3.8, 4) is 33.8 Å². The monoisotopic (exact) mass is 410 g/mol. The Morgan fingerprint density at radius 1 is 0.655 bits per heavy atom. The number of hydrogen-bond acceptors (Lipinski definition) is 2. The van der Waals surface area contributed by atoms with Gasteiger partial charge < -0.3 is 9.47 Å². The van der Waals surface area contributed by atoms with Gasteiger partial charge in [-0.1, -0.05) is 54.1 Å². The van der Waals surface area contributed by atoms with E-state index in [1.54, 1.807) is 24.3 Å². The molecule has 0 radical (unpaired) electrons. The lowest BCUT2D eigenvalue weighted by Crippen LogP contribution is -2.00. The number of ether oxygens (including phenoxy) is 2. The number of fused-ring (bicyclic) bond motifs is 1. The minimum Gasteiger partial charge on any atom is -0.492 e. The van der Waals surface area contributed by atoms with Crippen LogP contribution < -0.4 is 9.47 Å². The first-order chi connectivity index (χ1) is 14.1. The molecule has 0 aliphatic carbocycles. The average molecular weight is 411 g/mol. The molecular weight excluding hydrogens is 394 g/mol. The topological polar surface area (TPSA) is 18.5 Å². The molecule has 0 bridgehead atoms. The Kier molecular flexibility index (Phi) is 5.12. The largest absolute Gasteiger partial charge is 0.492 e. The summed E-state index contributed by atoms with van der Waals surface area (Å²) in [5.74, 6) is -0.200. The summed E-state index contributed by atoms with van der Waals surface area (Å²) in [6.07, 6.45) is 0. The van der Waals surface area contributed by atoms with Gasteiger partial charge in [0.1, 0.15) is 11.6 Å². The van der Waals surface area contributed by atoms with E-state index in [1.165, 1.54) is 32.4 Å². The molecule has 0 heterocycles. The van der Waals surface area contributed by atoms with E-state index in [2.05, 4.69) is 0 Å². The standard InChI is InChI=1S/C24H17ClF2O2/c1-28-23-21(17-9-5-6-10-19(17)26)15-7-3-4-8-16(15)22(24(23)29-2)18-13-14(25)11-12-20(18)27/h3-13H,1-2H3. The minimum absolute atomic E-state index is 0.281. The van der Waals surface area contributed by atoms with Crippen LogP contribution in [0.5, 0.6) is 11.5 Å². The van der Waals surface area contributed by atoms with E-state index >= 15 is 0 Å². The Labute approximate surface area is 172 Å². The summed E-state index contributed by atoms with van der Waals surface area (Å²) in [7, 11) is 2.96. The van der Waals surface area contributed by atoms with E-state index in [0.717, 1.165) is 0 Å². The van der Waals surface area contributed by atoms with E-state index in [4.69, 9.17) is 21.1 Å². The highest BCUT2D eigenvalue weighted by Crippen LogP contribution is 2.51. The molecule has 4 aromatic rings. The predicted octanol–water partition coefficient (Wildman–Crippen LogP) is 7.12. The van der Waals surface area contributed by atoms with Crippen molar-refractivity contribution in [3.05, 3.63) is 83.4 Å². The van der Waals surface area contributed by atoms with Gasteiger partial charge >= 0.3 is 0 Å². The van der Waals surface area contributed by atoms with Gasteiger partial charge in [-0.25, -0.2) is 8.78 Å². The van der Waals surface area contributed by atoms with Crippen molar-refractivity contribution in [2.24, 2.45) is 0 Å². The lowest BCUT2D eigenvalue weighted by Gasteiger charge is -2.21. The summed E-state index contributed by atoms with van der Waals surface area (Å²) in [5.41, 5.74) is 1.70. The average Bonchev–Trinajstić information content (AvgIpc) is 2.74. The van der Waals surface area contributed by atoms with Crippen molar-refractivity contribution >= 4 is 22.4 Å². The highest BCUT2D eigenvalue weighted by molar-refractivity contribution is 6.31. The molecule has 0 aromatic heterocycles. The van der Waals surface area contributed by atoms with Crippen LogP contribution in [0.4, 0.5) is 8.78 Å².